The van der Waals surface area contributed by atoms with Gasteiger partial charge in [0.15, 0.2) is 0 Å². The molecule has 0 unspecified atom stereocenters. The van der Waals surface area contributed by atoms with Crippen LogP contribution in [0.15, 0.2) is 12.4 Å². The van der Waals surface area contributed by atoms with Crippen molar-refractivity contribution in [3.8, 4) is 0 Å². The fraction of sp³-hybridized carbons (Fsp3) is 0.545. The molecule has 1 rings (SSSR count). The van der Waals surface area contributed by atoms with Gasteiger partial charge < -0.3 is 10.4 Å². The Morgan fingerprint density at radius 2 is 2.06 bits per heavy atom. The first kappa shape index (κ1) is 13.7. The molecule has 17 heavy (non-hydrogen) atoms. The molecule has 0 saturated carbocycles. The largest absolute Gasteiger partial charge is 0.481 e. The van der Waals surface area contributed by atoms with Crippen molar-refractivity contribution in [2.75, 3.05) is 11.9 Å². The van der Waals surface area contributed by atoms with Gasteiger partial charge in [0.05, 0.1) is 12.4 Å². The first-order valence-corrected chi connectivity index (χ1v) is 5.99. The minimum atomic E-state index is -0.725. The van der Waals surface area contributed by atoms with Gasteiger partial charge in [-0.25, -0.2) is 4.98 Å². The number of nitrogens with zero attached hydrogens (tertiary/aromatic N) is 2. The van der Waals surface area contributed by atoms with E-state index < -0.39 is 5.97 Å². The van der Waals surface area contributed by atoms with Crippen molar-refractivity contribution in [1.29, 1.82) is 0 Å². The molecule has 1 aromatic rings. The topological polar surface area (TPSA) is 75.1 Å². The molecule has 0 aliphatic carbocycles. The summed E-state index contributed by atoms with van der Waals surface area (Å²) in [5.41, 5.74) is 0. The summed E-state index contributed by atoms with van der Waals surface area (Å²) in [5, 5.41) is 11.9. The van der Waals surface area contributed by atoms with Gasteiger partial charge in [-0.15, -0.1) is 0 Å². The molecule has 0 aliphatic heterocycles. The van der Waals surface area contributed by atoms with Crippen molar-refractivity contribution in [1.82, 2.24) is 9.97 Å². The van der Waals surface area contributed by atoms with E-state index in [1.807, 2.05) is 0 Å². The number of halogens is 1. The maximum atomic E-state index is 10.3. The smallest absolute Gasteiger partial charge is 0.303 e. The average Bonchev–Trinajstić information content (AvgIpc) is 2.27. The van der Waals surface area contributed by atoms with Gasteiger partial charge in [0.2, 0.25) is 0 Å². The molecule has 0 saturated heterocycles. The van der Waals surface area contributed by atoms with Crippen LogP contribution in [0.2, 0.25) is 5.15 Å². The Bertz CT molecular complexity index is 360. The van der Waals surface area contributed by atoms with Gasteiger partial charge in [-0.05, 0) is 12.8 Å². The SMILES string of the molecule is O=C(O)CCCCCCNc1cncc(Cl)n1. The Balaban J connectivity index is 2.03. The Kier molecular flexibility index (Phi) is 6.32. The normalized spacial score (nSPS) is 10.2. The number of unbranched alkanes of at least 4 members (excludes halogenated alkanes) is 3. The number of hydrogen-bond acceptors (Lipinski definition) is 4. The van der Waals surface area contributed by atoms with Crippen LogP contribution < -0.4 is 5.32 Å². The minimum Gasteiger partial charge on any atom is -0.481 e. The number of aromatic nitrogens is 2. The molecule has 0 bridgehead atoms. The molecule has 2 N–H and O–H groups in total. The van der Waals surface area contributed by atoms with Gasteiger partial charge in [0.1, 0.15) is 11.0 Å². The molecule has 0 aliphatic rings. The third kappa shape index (κ3) is 6.73. The van der Waals surface area contributed by atoms with Crippen LogP contribution in [0.1, 0.15) is 32.1 Å². The maximum absolute atomic E-state index is 10.3. The lowest BCUT2D eigenvalue weighted by atomic mass is 10.1. The second-order valence-electron chi connectivity index (χ2n) is 3.71. The van der Waals surface area contributed by atoms with Crippen molar-refractivity contribution in [2.24, 2.45) is 0 Å². The molecule has 6 heteroatoms. The average molecular weight is 258 g/mol. The number of rotatable bonds is 8. The van der Waals surface area contributed by atoms with Gasteiger partial charge >= 0.3 is 5.97 Å². The van der Waals surface area contributed by atoms with E-state index in [0.29, 0.717) is 11.0 Å². The van der Waals surface area contributed by atoms with Crippen molar-refractivity contribution in [3.63, 3.8) is 0 Å². The summed E-state index contributed by atoms with van der Waals surface area (Å²) >= 11 is 5.69. The molecule has 1 aromatic heterocycles. The molecule has 5 nitrogen and oxygen atoms in total. The monoisotopic (exact) mass is 257 g/mol. The van der Waals surface area contributed by atoms with Crippen molar-refractivity contribution in [2.45, 2.75) is 32.1 Å². The van der Waals surface area contributed by atoms with E-state index in [4.69, 9.17) is 16.7 Å². The van der Waals surface area contributed by atoms with E-state index in [1.54, 1.807) is 6.20 Å². The fourth-order valence-corrected chi connectivity index (χ4v) is 1.55. The van der Waals surface area contributed by atoms with Crippen LogP contribution in [-0.2, 0) is 4.79 Å². The standard InChI is InChI=1S/C11H16ClN3O2/c12-9-7-13-8-10(15-9)14-6-4-2-1-3-5-11(16)17/h7-8H,1-6H2,(H,14,15)(H,16,17). The molecular formula is C11H16ClN3O2. The summed E-state index contributed by atoms with van der Waals surface area (Å²) in [7, 11) is 0. The van der Waals surface area contributed by atoms with Crippen LogP contribution in [0.4, 0.5) is 5.82 Å². The zero-order chi connectivity index (χ0) is 12.5. The van der Waals surface area contributed by atoms with E-state index >= 15 is 0 Å². The highest BCUT2D eigenvalue weighted by molar-refractivity contribution is 6.29. The van der Waals surface area contributed by atoms with E-state index in [-0.39, 0.29) is 6.42 Å². The molecule has 0 radical (unpaired) electrons. The molecule has 0 atom stereocenters. The molecular weight excluding hydrogens is 242 g/mol. The van der Waals surface area contributed by atoms with E-state index in [2.05, 4.69) is 15.3 Å². The van der Waals surface area contributed by atoms with Crippen molar-refractivity contribution >= 4 is 23.4 Å². The second kappa shape index (κ2) is 7.84. The summed E-state index contributed by atoms with van der Waals surface area (Å²) in [6.07, 6.45) is 7.03. The summed E-state index contributed by atoms with van der Waals surface area (Å²) in [6.45, 7) is 0.794. The molecule has 0 aromatic carbocycles. The van der Waals surface area contributed by atoms with Crippen LogP contribution >= 0.6 is 11.6 Å². The number of aliphatic carboxylic acids is 1. The van der Waals surface area contributed by atoms with Gasteiger partial charge in [0, 0.05) is 13.0 Å². The highest BCUT2D eigenvalue weighted by Gasteiger charge is 1.97. The Morgan fingerprint density at radius 1 is 1.29 bits per heavy atom. The van der Waals surface area contributed by atoms with Crippen LogP contribution in [0.25, 0.3) is 0 Å². The summed E-state index contributed by atoms with van der Waals surface area (Å²) in [6, 6.07) is 0. The molecule has 0 amide bonds. The van der Waals surface area contributed by atoms with Crippen LogP contribution in [0.3, 0.4) is 0 Å². The zero-order valence-corrected chi connectivity index (χ0v) is 10.3. The van der Waals surface area contributed by atoms with E-state index in [0.717, 1.165) is 32.2 Å². The lowest BCUT2D eigenvalue weighted by molar-refractivity contribution is -0.137. The number of hydrogen-bond donors (Lipinski definition) is 2. The van der Waals surface area contributed by atoms with Gasteiger partial charge in [-0.1, -0.05) is 24.4 Å². The number of anilines is 1. The molecule has 0 spiro atoms. The van der Waals surface area contributed by atoms with Gasteiger partial charge in [0.25, 0.3) is 0 Å². The van der Waals surface area contributed by atoms with E-state index in [1.165, 1.54) is 6.20 Å². The molecule has 1 heterocycles. The number of carboxylic acid groups (broad SMARTS) is 1. The third-order valence-corrected chi connectivity index (χ3v) is 2.41. The zero-order valence-electron chi connectivity index (χ0n) is 9.53. The number of carbonyl (C=O) groups is 1. The predicted octanol–water partition coefficient (Wildman–Crippen LogP) is 2.58. The Morgan fingerprint density at radius 3 is 2.76 bits per heavy atom. The van der Waals surface area contributed by atoms with Crippen LogP contribution in [0.5, 0.6) is 0 Å². The fourth-order valence-electron chi connectivity index (χ4n) is 1.40. The molecule has 94 valence electrons. The van der Waals surface area contributed by atoms with Crippen LogP contribution in [-0.4, -0.2) is 27.6 Å². The summed E-state index contributed by atoms with van der Waals surface area (Å²) in [5.74, 6) is -0.0552. The maximum Gasteiger partial charge on any atom is 0.303 e. The van der Waals surface area contributed by atoms with Crippen molar-refractivity contribution < 1.29 is 9.90 Å². The first-order chi connectivity index (χ1) is 8.18. The van der Waals surface area contributed by atoms with Crippen molar-refractivity contribution in [3.05, 3.63) is 17.5 Å². The van der Waals surface area contributed by atoms with Crippen LogP contribution in [0, 0.1) is 0 Å². The van der Waals surface area contributed by atoms with Gasteiger partial charge in [-0.2, -0.15) is 0 Å². The second-order valence-corrected chi connectivity index (χ2v) is 4.10. The lowest BCUT2D eigenvalue weighted by Gasteiger charge is -2.04. The minimum absolute atomic E-state index is 0.257. The first-order valence-electron chi connectivity index (χ1n) is 5.61. The van der Waals surface area contributed by atoms with E-state index in [9.17, 15) is 4.79 Å². The predicted molar refractivity (Wildman–Crippen MR) is 66.3 cm³/mol. The lowest BCUT2D eigenvalue weighted by Crippen LogP contribution is -2.03. The number of nitrogens with one attached hydrogen (secondary N) is 1. The highest BCUT2D eigenvalue weighted by atomic mass is 35.5. The quantitative estimate of drug-likeness (QED) is 0.700. The Hall–Kier alpha value is -1.36. The Labute approximate surface area is 105 Å². The molecule has 0 fully saturated rings. The third-order valence-electron chi connectivity index (χ3n) is 2.23. The summed E-state index contributed by atoms with van der Waals surface area (Å²) < 4.78 is 0. The van der Waals surface area contributed by atoms with Gasteiger partial charge in [-0.3, -0.25) is 9.78 Å². The summed E-state index contributed by atoms with van der Waals surface area (Å²) in [4.78, 5) is 18.2. The number of carboxylic acids is 1. The highest BCUT2D eigenvalue weighted by Crippen LogP contribution is 2.07.